The summed E-state index contributed by atoms with van der Waals surface area (Å²) in [4.78, 5) is 0. The number of methoxy groups -OCH3 is 1. The Labute approximate surface area is 97.0 Å². The van der Waals surface area contributed by atoms with Crippen LogP contribution in [0.2, 0.25) is 0 Å². The highest BCUT2D eigenvalue weighted by Crippen LogP contribution is 2.49. The number of ether oxygens (including phenoxy) is 1. The first-order valence-electron chi connectivity index (χ1n) is 5.35. The Hall–Kier alpha value is -1.23. The lowest BCUT2D eigenvalue weighted by atomic mass is 9.78. The zero-order valence-electron chi connectivity index (χ0n) is 9.34. The van der Waals surface area contributed by atoms with E-state index in [4.69, 9.17) is 4.74 Å². The van der Waals surface area contributed by atoms with Crippen molar-refractivity contribution < 1.29 is 23.0 Å². The second kappa shape index (κ2) is 3.91. The maximum absolute atomic E-state index is 13.0. The second-order valence-electron chi connectivity index (χ2n) is 4.21. The van der Waals surface area contributed by atoms with Gasteiger partial charge in [0, 0.05) is 5.56 Å². The minimum absolute atomic E-state index is 0.0991. The standard InChI is InChI=1S/C12H13F3O2/c1-17-9-6-2-4-8-5-3-7-11(16,10(8)9)12(13,14)15/h2,4,6,16H,3,5,7H2,1H3. The highest BCUT2D eigenvalue weighted by Gasteiger charge is 2.57. The summed E-state index contributed by atoms with van der Waals surface area (Å²) >= 11 is 0. The van der Waals surface area contributed by atoms with Crippen LogP contribution in [0.3, 0.4) is 0 Å². The Bertz CT molecular complexity index is 414. The first-order valence-corrected chi connectivity index (χ1v) is 5.35. The Balaban J connectivity index is 2.64. The predicted octanol–water partition coefficient (Wildman–Crippen LogP) is 2.78. The summed E-state index contributed by atoms with van der Waals surface area (Å²) in [5.74, 6) is 0.0991. The summed E-state index contributed by atoms with van der Waals surface area (Å²) in [6.07, 6.45) is -4.15. The van der Waals surface area contributed by atoms with Crippen LogP contribution in [0, 0.1) is 0 Å². The molecule has 0 heterocycles. The Morgan fingerprint density at radius 1 is 1.35 bits per heavy atom. The van der Waals surface area contributed by atoms with Crippen LogP contribution in [0.4, 0.5) is 13.2 Å². The number of benzene rings is 1. The summed E-state index contributed by atoms with van der Waals surface area (Å²) in [6, 6.07) is 4.69. The van der Waals surface area contributed by atoms with Crippen molar-refractivity contribution in [3.63, 3.8) is 0 Å². The second-order valence-corrected chi connectivity index (χ2v) is 4.21. The fourth-order valence-corrected chi connectivity index (χ4v) is 2.37. The van der Waals surface area contributed by atoms with Crippen LogP contribution in [0.15, 0.2) is 18.2 Å². The average molecular weight is 246 g/mol. The highest BCUT2D eigenvalue weighted by molar-refractivity contribution is 5.46. The van der Waals surface area contributed by atoms with Crippen LogP contribution in [0.1, 0.15) is 24.0 Å². The molecule has 1 aromatic carbocycles. The molecule has 0 fully saturated rings. The molecule has 0 amide bonds. The summed E-state index contributed by atoms with van der Waals surface area (Å²) in [5.41, 5.74) is -2.40. The SMILES string of the molecule is COc1cccc2c1C(O)(C(F)(F)F)CCC2. The van der Waals surface area contributed by atoms with E-state index < -0.39 is 11.8 Å². The summed E-state index contributed by atoms with van der Waals surface area (Å²) in [5, 5.41) is 9.97. The van der Waals surface area contributed by atoms with E-state index in [1.54, 1.807) is 12.1 Å². The molecule has 0 aliphatic heterocycles. The molecule has 0 saturated heterocycles. The monoisotopic (exact) mass is 246 g/mol. The first-order chi connectivity index (χ1) is 7.90. The molecule has 0 bridgehead atoms. The van der Waals surface area contributed by atoms with Gasteiger partial charge in [0.15, 0.2) is 5.60 Å². The molecular weight excluding hydrogens is 233 g/mol. The molecule has 1 aliphatic rings. The van der Waals surface area contributed by atoms with Gasteiger partial charge in [0.25, 0.3) is 0 Å². The topological polar surface area (TPSA) is 29.5 Å². The van der Waals surface area contributed by atoms with Crippen LogP contribution in [-0.4, -0.2) is 18.4 Å². The normalized spacial score (nSPS) is 24.3. The number of halogens is 3. The minimum atomic E-state index is -4.68. The lowest BCUT2D eigenvalue weighted by Crippen LogP contribution is -2.45. The van der Waals surface area contributed by atoms with Gasteiger partial charge in [0.05, 0.1) is 7.11 Å². The van der Waals surface area contributed by atoms with Crippen molar-refractivity contribution in [2.75, 3.05) is 7.11 Å². The van der Waals surface area contributed by atoms with E-state index in [0.717, 1.165) is 0 Å². The summed E-state index contributed by atoms with van der Waals surface area (Å²) in [7, 11) is 1.31. The van der Waals surface area contributed by atoms with Gasteiger partial charge >= 0.3 is 6.18 Å². The van der Waals surface area contributed by atoms with E-state index in [0.29, 0.717) is 18.4 Å². The largest absolute Gasteiger partial charge is 0.496 e. The highest BCUT2D eigenvalue weighted by atomic mass is 19.4. The van der Waals surface area contributed by atoms with Gasteiger partial charge in [-0.15, -0.1) is 0 Å². The van der Waals surface area contributed by atoms with E-state index in [1.165, 1.54) is 13.2 Å². The van der Waals surface area contributed by atoms with Gasteiger partial charge in [-0.2, -0.15) is 13.2 Å². The van der Waals surface area contributed by atoms with Crippen molar-refractivity contribution in [3.05, 3.63) is 29.3 Å². The van der Waals surface area contributed by atoms with Gasteiger partial charge in [0.2, 0.25) is 0 Å². The molecule has 1 N–H and O–H groups in total. The minimum Gasteiger partial charge on any atom is -0.496 e. The van der Waals surface area contributed by atoms with E-state index in [-0.39, 0.29) is 17.7 Å². The van der Waals surface area contributed by atoms with Gasteiger partial charge in [-0.1, -0.05) is 12.1 Å². The number of fused-ring (bicyclic) bond motifs is 1. The lowest BCUT2D eigenvalue weighted by Gasteiger charge is -2.36. The van der Waals surface area contributed by atoms with E-state index >= 15 is 0 Å². The fourth-order valence-electron chi connectivity index (χ4n) is 2.37. The smallest absolute Gasteiger partial charge is 0.421 e. The van der Waals surface area contributed by atoms with Gasteiger partial charge in [-0.3, -0.25) is 0 Å². The zero-order valence-corrected chi connectivity index (χ0v) is 9.34. The Kier molecular flexibility index (Phi) is 2.81. The third-order valence-corrected chi connectivity index (χ3v) is 3.20. The lowest BCUT2D eigenvalue weighted by molar-refractivity contribution is -0.271. The quantitative estimate of drug-likeness (QED) is 0.825. The number of aryl methyl sites for hydroxylation is 1. The molecular formula is C12H13F3O2. The molecule has 0 radical (unpaired) electrons. The molecule has 2 nitrogen and oxygen atoms in total. The molecule has 1 unspecified atom stereocenters. The molecule has 0 spiro atoms. The number of rotatable bonds is 1. The van der Waals surface area contributed by atoms with Crippen LogP contribution < -0.4 is 4.74 Å². The molecule has 1 atom stereocenters. The molecule has 1 aliphatic carbocycles. The van der Waals surface area contributed by atoms with E-state index in [2.05, 4.69) is 0 Å². The van der Waals surface area contributed by atoms with Gasteiger partial charge in [-0.05, 0) is 30.9 Å². The zero-order chi connectivity index (χ0) is 12.7. The van der Waals surface area contributed by atoms with Crippen molar-refractivity contribution in [1.29, 1.82) is 0 Å². The predicted molar refractivity (Wildman–Crippen MR) is 55.9 cm³/mol. The fraction of sp³-hybridized carbons (Fsp3) is 0.500. The Morgan fingerprint density at radius 2 is 2.06 bits per heavy atom. The van der Waals surface area contributed by atoms with Crippen molar-refractivity contribution in [1.82, 2.24) is 0 Å². The van der Waals surface area contributed by atoms with Crippen molar-refractivity contribution >= 4 is 0 Å². The van der Waals surface area contributed by atoms with Crippen molar-refractivity contribution in [3.8, 4) is 5.75 Å². The molecule has 0 saturated carbocycles. The summed E-state index contributed by atoms with van der Waals surface area (Å²) < 4.78 is 44.0. The number of alkyl halides is 3. The van der Waals surface area contributed by atoms with Crippen molar-refractivity contribution in [2.45, 2.75) is 31.0 Å². The van der Waals surface area contributed by atoms with E-state index in [1.807, 2.05) is 0 Å². The van der Waals surface area contributed by atoms with Gasteiger partial charge in [0.1, 0.15) is 5.75 Å². The van der Waals surface area contributed by atoms with Gasteiger partial charge < -0.3 is 9.84 Å². The molecule has 94 valence electrons. The van der Waals surface area contributed by atoms with Crippen LogP contribution in [0.25, 0.3) is 0 Å². The van der Waals surface area contributed by atoms with Crippen molar-refractivity contribution in [2.24, 2.45) is 0 Å². The molecule has 0 aromatic heterocycles. The maximum atomic E-state index is 13.0. The molecule has 5 heteroatoms. The number of aliphatic hydroxyl groups is 1. The number of hydrogen-bond donors (Lipinski definition) is 1. The molecule has 17 heavy (non-hydrogen) atoms. The first kappa shape index (κ1) is 12.2. The van der Waals surface area contributed by atoms with E-state index in [9.17, 15) is 18.3 Å². The Morgan fingerprint density at radius 3 is 2.65 bits per heavy atom. The van der Waals surface area contributed by atoms with Crippen LogP contribution >= 0.6 is 0 Å². The number of hydrogen-bond acceptors (Lipinski definition) is 2. The molecule has 1 aromatic rings. The van der Waals surface area contributed by atoms with Gasteiger partial charge in [-0.25, -0.2) is 0 Å². The third kappa shape index (κ3) is 1.78. The van der Waals surface area contributed by atoms with Crippen LogP contribution in [0.5, 0.6) is 5.75 Å². The summed E-state index contributed by atoms with van der Waals surface area (Å²) in [6.45, 7) is 0. The van der Waals surface area contributed by atoms with Crippen LogP contribution in [-0.2, 0) is 12.0 Å². The third-order valence-electron chi connectivity index (χ3n) is 3.20. The molecule has 2 rings (SSSR count). The average Bonchev–Trinajstić information content (AvgIpc) is 2.27. The maximum Gasteiger partial charge on any atom is 0.421 e.